The van der Waals surface area contributed by atoms with Crippen molar-refractivity contribution in [2.45, 2.75) is 32.9 Å². The Labute approximate surface area is 209 Å². The van der Waals surface area contributed by atoms with Crippen LogP contribution >= 0.6 is 23.2 Å². The van der Waals surface area contributed by atoms with Crippen LogP contribution in [0.4, 0.5) is 5.69 Å². The largest absolute Gasteiger partial charge is 0.357 e. The smallest absolute Gasteiger partial charge is 0.244 e. The molecule has 2 amide bonds. The first-order valence-corrected chi connectivity index (χ1v) is 13.0. The number of amides is 2. The lowest BCUT2D eigenvalue weighted by molar-refractivity contribution is -0.140. The molecule has 0 heterocycles. The van der Waals surface area contributed by atoms with Crippen molar-refractivity contribution in [2.24, 2.45) is 0 Å². The van der Waals surface area contributed by atoms with Gasteiger partial charge in [-0.05, 0) is 43.2 Å². The van der Waals surface area contributed by atoms with Gasteiger partial charge in [-0.15, -0.1) is 0 Å². The maximum atomic E-state index is 13.5. The van der Waals surface area contributed by atoms with Gasteiger partial charge in [0, 0.05) is 29.2 Å². The van der Waals surface area contributed by atoms with Crippen LogP contribution in [0.25, 0.3) is 0 Å². The van der Waals surface area contributed by atoms with E-state index < -0.39 is 34.4 Å². The Kier molecular flexibility index (Phi) is 9.49. The topological polar surface area (TPSA) is 104 Å². The van der Waals surface area contributed by atoms with Crippen LogP contribution in [-0.2, 0) is 26.2 Å². The van der Waals surface area contributed by atoms with Gasteiger partial charge < -0.3 is 10.2 Å². The number of halogens is 2. The van der Waals surface area contributed by atoms with Crippen molar-refractivity contribution >= 4 is 56.5 Å². The van der Waals surface area contributed by atoms with Crippen molar-refractivity contribution in [2.75, 3.05) is 24.2 Å². The minimum atomic E-state index is -3.90. The van der Waals surface area contributed by atoms with Crippen LogP contribution in [0.3, 0.4) is 0 Å². The first kappa shape index (κ1) is 27.6. The summed E-state index contributed by atoms with van der Waals surface area (Å²) in [5.41, 5.74) is 1.02. The quantitative estimate of drug-likeness (QED) is 0.476. The van der Waals surface area contributed by atoms with Gasteiger partial charge in [-0.25, -0.2) is 8.42 Å². The fourth-order valence-corrected chi connectivity index (χ4v) is 4.72. The predicted molar refractivity (Wildman–Crippen MR) is 134 cm³/mol. The van der Waals surface area contributed by atoms with Crippen LogP contribution in [0.2, 0.25) is 10.0 Å². The molecule has 1 unspecified atom stereocenters. The van der Waals surface area contributed by atoms with Gasteiger partial charge in [-0.3, -0.25) is 18.7 Å². The van der Waals surface area contributed by atoms with Crippen LogP contribution in [0.5, 0.6) is 0 Å². The maximum absolute atomic E-state index is 13.5. The number of rotatable bonds is 10. The Hall–Kier alpha value is -2.62. The van der Waals surface area contributed by atoms with E-state index in [1.807, 2.05) is 0 Å². The molecule has 0 fully saturated rings. The van der Waals surface area contributed by atoms with Gasteiger partial charge >= 0.3 is 0 Å². The van der Waals surface area contributed by atoms with E-state index >= 15 is 0 Å². The van der Waals surface area contributed by atoms with E-state index in [4.69, 9.17) is 23.2 Å². The van der Waals surface area contributed by atoms with E-state index in [1.165, 1.54) is 37.1 Å². The Bertz CT molecular complexity index is 1190. The number of Topliss-reactive ketones (excluding diaryl/α,β-unsaturated/α-hetero) is 1. The highest BCUT2D eigenvalue weighted by molar-refractivity contribution is 7.92. The number of anilines is 1. The number of likely N-dealkylation sites (N-methyl/N-ethyl adjacent to an activating group) is 1. The highest BCUT2D eigenvalue weighted by Gasteiger charge is 2.31. The number of sulfonamides is 1. The molecule has 1 N–H and O–H groups in total. The van der Waals surface area contributed by atoms with Gasteiger partial charge in [0.15, 0.2) is 5.78 Å². The van der Waals surface area contributed by atoms with Gasteiger partial charge in [0.05, 0.1) is 11.9 Å². The molecule has 0 bridgehead atoms. The van der Waals surface area contributed by atoms with Gasteiger partial charge in [-0.2, -0.15) is 0 Å². The second-order valence-electron chi connectivity index (χ2n) is 7.67. The molecule has 2 aromatic rings. The minimum Gasteiger partial charge on any atom is -0.357 e. The monoisotopic (exact) mass is 527 g/mol. The molecule has 0 aliphatic heterocycles. The third-order valence-corrected chi connectivity index (χ3v) is 6.94. The van der Waals surface area contributed by atoms with Crippen molar-refractivity contribution in [3.05, 3.63) is 63.6 Å². The van der Waals surface area contributed by atoms with Gasteiger partial charge in [0.2, 0.25) is 21.8 Å². The average Bonchev–Trinajstić information content (AvgIpc) is 2.77. The maximum Gasteiger partial charge on any atom is 0.244 e. The molecule has 2 rings (SSSR count). The van der Waals surface area contributed by atoms with E-state index in [9.17, 15) is 22.8 Å². The second kappa shape index (κ2) is 11.7. The molecule has 8 nitrogen and oxygen atoms in total. The average molecular weight is 528 g/mol. The summed E-state index contributed by atoms with van der Waals surface area (Å²) in [6.07, 6.45) is 1.26. The number of ketones is 1. The van der Waals surface area contributed by atoms with Gasteiger partial charge in [0.25, 0.3) is 0 Å². The van der Waals surface area contributed by atoms with E-state index in [-0.39, 0.29) is 24.4 Å². The first-order valence-electron chi connectivity index (χ1n) is 10.4. The zero-order valence-electron chi connectivity index (χ0n) is 19.3. The molecule has 0 saturated carbocycles. The number of nitrogens with one attached hydrogen (secondary N) is 1. The van der Waals surface area contributed by atoms with E-state index in [2.05, 4.69) is 5.32 Å². The minimum absolute atomic E-state index is 0.0359. The summed E-state index contributed by atoms with van der Waals surface area (Å²) >= 11 is 12.3. The standard InChI is InChI=1S/C23H27Cl2N3O5S/c1-5-21(23(31)26-3)27(13-17-9-10-18(24)12-20(17)25)22(30)14-28(34(4,32)33)19-8-6-7-16(11-19)15(2)29/h6-12,21H,5,13-14H2,1-4H3,(H,26,31). The van der Waals surface area contributed by atoms with E-state index in [1.54, 1.807) is 31.2 Å². The normalized spacial score (nSPS) is 12.1. The van der Waals surface area contributed by atoms with Crippen molar-refractivity contribution in [3.63, 3.8) is 0 Å². The number of benzene rings is 2. The Morgan fingerprint density at radius 2 is 1.76 bits per heavy atom. The Morgan fingerprint density at radius 1 is 1.09 bits per heavy atom. The second-order valence-corrected chi connectivity index (χ2v) is 10.4. The number of hydrogen-bond donors (Lipinski definition) is 1. The summed E-state index contributed by atoms with van der Waals surface area (Å²) in [4.78, 5) is 39.1. The number of carbonyl (C=O) groups excluding carboxylic acids is 3. The molecule has 0 radical (unpaired) electrons. The molecule has 0 aliphatic rings. The van der Waals surface area contributed by atoms with Crippen LogP contribution in [0, 0.1) is 0 Å². The number of carbonyl (C=O) groups is 3. The molecule has 11 heteroatoms. The fourth-order valence-electron chi connectivity index (χ4n) is 3.41. The van der Waals surface area contributed by atoms with Crippen molar-refractivity contribution < 1.29 is 22.8 Å². The lowest BCUT2D eigenvalue weighted by atomic mass is 10.1. The SMILES string of the molecule is CCC(C(=O)NC)N(Cc1ccc(Cl)cc1Cl)C(=O)CN(c1cccc(C(C)=O)c1)S(C)(=O)=O. The zero-order chi connectivity index (χ0) is 25.6. The molecule has 0 aliphatic carbocycles. The predicted octanol–water partition coefficient (Wildman–Crippen LogP) is 3.52. The lowest BCUT2D eigenvalue weighted by Gasteiger charge is -2.32. The fraction of sp³-hybridized carbons (Fsp3) is 0.348. The molecule has 0 spiro atoms. The molecular formula is C23H27Cl2N3O5S. The summed E-state index contributed by atoms with van der Waals surface area (Å²) in [6.45, 7) is 2.50. The Balaban J connectivity index is 2.49. The summed E-state index contributed by atoms with van der Waals surface area (Å²) in [5, 5.41) is 3.27. The highest BCUT2D eigenvalue weighted by atomic mass is 35.5. The number of nitrogens with zero attached hydrogens (tertiary/aromatic N) is 2. The lowest BCUT2D eigenvalue weighted by Crippen LogP contribution is -2.51. The molecule has 34 heavy (non-hydrogen) atoms. The molecule has 0 aromatic heterocycles. The van der Waals surface area contributed by atoms with Crippen LogP contribution in [-0.4, -0.2) is 56.8 Å². The van der Waals surface area contributed by atoms with Crippen LogP contribution < -0.4 is 9.62 Å². The number of hydrogen-bond acceptors (Lipinski definition) is 5. The van der Waals surface area contributed by atoms with Gasteiger partial charge in [0.1, 0.15) is 12.6 Å². The van der Waals surface area contributed by atoms with E-state index in [0.717, 1.165) is 10.6 Å². The summed E-state index contributed by atoms with van der Waals surface area (Å²) < 4.78 is 26.1. The first-order chi connectivity index (χ1) is 15.9. The Morgan fingerprint density at radius 3 is 2.29 bits per heavy atom. The van der Waals surface area contributed by atoms with Crippen LogP contribution in [0.15, 0.2) is 42.5 Å². The molecule has 2 aromatic carbocycles. The van der Waals surface area contributed by atoms with E-state index in [0.29, 0.717) is 21.2 Å². The van der Waals surface area contributed by atoms with Crippen LogP contribution in [0.1, 0.15) is 36.2 Å². The third-order valence-electron chi connectivity index (χ3n) is 5.21. The zero-order valence-corrected chi connectivity index (χ0v) is 21.7. The van der Waals surface area contributed by atoms with Gasteiger partial charge in [-0.1, -0.05) is 48.3 Å². The summed E-state index contributed by atoms with van der Waals surface area (Å²) in [7, 11) is -2.45. The molecule has 184 valence electrons. The summed E-state index contributed by atoms with van der Waals surface area (Å²) in [6, 6.07) is 9.92. The van der Waals surface area contributed by atoms with Crippen molar-refractivity contribution in [1.29, 1.82) is 0 Å². The third kappa shape index (κ3) is 6.94. The van der Waals surface area contributed by atoms with Crippen molar-refractivity contribution in [1.82, 2.24) is 10.2 Å². The highest BCUT2D eigenvalue weighted by Crippen LogP contribution is 2.25. The van der Waals surface area contributed by atoms with Crippen molar-refractivity contribution in [3.8, 4) is 0 Å². The molecular weight excluding hydrogens is 501 g/mol. The molecule has 0 saturated heterocycles. The molecule has 1 atom stereocenters. The summed E-state index contributed by atoms with van der Waals surface area (Å²) in [5.74, 6) is -1.25.